The number of amides is 1. The maximum Gasteiger partial charge on any atom is 0.260 e. The smallest absolute Gasteiger partial charge is 0.260 e. The summed E-state index contributed by atoms with van der Waals surface area (Å²) < 4.78 is 29.0. The van der Waals surface area contributed by atoms with Gasteiger partial charge >= 0.3 is 0 Å². The van der Waals surface area contributed by atoms with Gasteiger partial charge < -0.3 is 9.64 Å². The van der Waals surface area contributed by atoms with Gasteiger partial charge in [0.1, 0.15) is 5.75 Å². The van der Waals surface area contributed by atoms with Gasteiger partial charge in [-0.15, -0.1) is 0 Å². The van der Waals surface area contributed by atoms with Crippen LogP contribution in [0.25, 0.3) is 10.8 Å². The van der Waals surface area contributed by atoms with E-state index in [1.54, 1.807) is 36.2 Å². The van der Waals surface area contributed by atoms with Gasteiger partial charge in [0.15, 0.2) is 16.4 Å². The number of rotatable bonds is 6. The second kappa shape index (κ2) is 8.02. The van der Waals surface area contributed by atoms with Crippen molar-refractivity contribution in [3.63, 3.8) is 0 Å². The van der Waals surface area contributed by atoms with Crippen molar-refractivity contribution >= 4 is 26.5 Å². The lowest BCUT2D eigenvalue weighted by Gasteiger charge is -2.25. The first-order valence-electron chi connectivity index (χ1n) is 8.93. The first-order valence-corrected chi connectivity index (χ1v) is 10.8. The van der Waals surface area contributed by atoms with Crippen LogP contribution in [0.5, 0.6) is 5.75 Å². The highest BCUT2D eigenvalue weighted by Crippen LogP contribution is 2.26. The van der Waals surface area contributed by atoms with E-state index < -0.39 is 9.84 Å². The van der Waals surface area contributed by atoms with Crippen LogP contribution in [-0.4, -0.2) is 39.1 Å². The summed E-state index contributed by atoms with van der Waals surface area (Å²) in [6.45, 7) is 1.82. The monoisotopic (exact) mass is 397 g/mol. The van der Waals surface area contributed by atoms with Gasteiger partial charge in [-0.2, -0.15) is 0 Å². The molecule has 0 aliphatic heterocycles. The third-order valence-corrected chi connectivity index (χ3v) is 5.99. The summed E-state index contributed by atoms with van der Waals surface area (Å²) in [4.78, 5) is 14.5. The zero-order valence-corrected chi connectivity index (χ0v) is 16.9. The fourth-order valence-electron chi connectivity index (χ4n) is 3.00. The number of carbonyl (C=O) groups is 1. The molecule has 146 valence electrons. The summed E-state index contributed by atoms with van der Waals surface area (Å²) in [6, 6.07) is 20.0. The number of sulfone groups is 1. The van der Waals surface area contributed by atoms with Gasteiger partial charge in [-0.3, -0.25) is 4.79 Å². The summed E-state index contributed by atoms with van der Waals surface area (Å²) in [5.74, 6) is 0.512. The Morgan fingerprint density at radius 2 is 1.64 bits per heavy atom. The van der Waals surface area contributed by atoms with E-state index in [2.05, 4.69) is 0 Å². The third kappa shape index (κ3) is 4.34. The standard InChI is InChI=1S/C22H23NO4S/c1-16(17-11-13-19(14-12-17)28(3,25)26)23(2)22(24)15-27-21-10-6-8-18-7-4-5-9-20(18)21/h4-14,16H,15H2,1-3H3/t16-/m0/s1. The number of carbonyl (C=O) groups excluding carboxylic acids is 1. The predicted molar refractivity (Wildman–Crippen MR) is 110 cm³/mol. The molecule has 0 aromatic heterocycles. The van der Waals surface area contributed by atoms with Crippen LogP contribution in [0.15, 0.2) is 71.6 Å². The minimum absolute atomic E-state index is 0.0731. The topological polar surface area (TPSA) is 63.7 Å². The van der Waals surface area contributed by atoms with E-state index >= 15 is 0 Å². The minimum Gasteiger partial charge on any atom is -0.483 e. The lowest BCUT2D eigenvalue weighted by atomic mass is 10.1. The van der Waals surface area contributed by atoms with E-state index in [0.29, 0.717) is 5.75 Å². The molecule has 0 spiro atoms. The average molecular weight is 397 g/mol. The summed E-state index contributed by atoms with van der Waals surface area (Å²) >= 11 is 0. The molecule has 5 nitrogen and oxygen atoms in total. The second-order valence-corrected chi connectivity index (χ2v) is 8.80. The second-order valence-electron chi connectivity index (χ2n) is 6.79. The van der Waals surface area contributed by atoms with Gasteiger partial charge in [0.05, 0.1) is 10.9 Å². The Morgan fingerprint density at radius 1 is 1.00 bits per heavy atom. The van der Waals surface area contributed by atoms with Crippen molar-refractivity contribution < 1.29 is 17.9 Å². The number of hydrogen-bond donors (Lipinski definition) is 0. The summed E-state index contributed by atoms with van der Waals surface area (Å²) in [5, 5.41) is 2.02. The van der Waals surface area contributed by atoms with Gasteiger partial charge in [0.2, 0.25) is 0 Å². The molecule has 0 aliphatic carbocycles. The molecule has 3 aromatic rings. The fourth-order valence-corrected chi connectivity index (χ4v) is 3.63. The van der Waals surface area contributed by atoms with Gasteiger partial charge in [0, 0.05) is 18.7 Å². The van der Waals surface area contributed by atoms with Crippen LogP contribution in [0.3, 0.4) is 0 Å². The van der Waals surface area contributed by atoms with Gasteiger partial charge in [-0.25, -0.2) is 8.42 Å². The number of nitrogens with zero attached hydrogens (tertiary/aromatic N) is 1. The zero-order valence-electron chi connectivity index (χ0n) is 16.1. The molecular formula is C22H23NO4S. The SMILES string of the molecule is C[C@@H](c1ccc(S(C)(=O)=O)cc1)N(C)C(=O)COc1cccc2ccccc12. The number of likely N-dealkylation sites (N-methyl/N-ethyl adjacent to an activating group) is 1. The Labute approximate surface area is 165 Å². The molecule has 0 N–H and O–H groups in total. The molecule has 0 aliphatic rings. The van der Waals surface area contributed by atoms with Crippen molar-refractivity contribution in [3.05, 3.63) is 72.3 Å². The molecule has 1 amide bonds. The molecular weight excluding hydrogens is 374 g/mol. The molecule has 0 fully saturated rings. The molecule has 0 radical (unpaired) electrons. The van der Waals surface area contributed by atoms with Crippen molar-refractivity contribution in [1.82, 2.24) is 4.90 Å². The lowest BCUT2D eigenvalue weighted by Crippen LogP contribution is -2.33. The Morgan fingerprint density at radius 3 is 2.32 bits per heavy atom. The molecule has 0 saturated heterocycles. The summed E-state index contributed by atoms with van der Waals surface area (Å²) in [6.07, 6.45) is 1.17. The maximum atomic E-state index is 12.6. The Bertz CT molecular complexity index is 1090. The Balaban J connectivity index is 1.68. The zero-order chi connectivity index (χ0) is 20.3. The number of fused-ring (bicyclic) bond motifs is 1. The molecule has 6 heteroatoms. The molecule has 3 rings (SSSR count). The van der Waals surface area contributed by atoms with E-state index in [4.69, 9.17) is 4.74 Å². The molecule has 1 atom stereocenters. The molecule has 28 heavy (non-hydrogen) atoms. The highest BCUT2D eigenvalue weighted by atomic mass is 32.2. The summed E-state index contributed by atoms with van der Waals surface area (Å²) in [5.41, 5.74) is 0.855. The van der Waals surface area contributed by atoms with Crippen LogP contribution in [0.2, 0.25) is 0 Å². The summed E-state index contributed by atoms with van der Waals surface area (Å²) in [7, 11) is -1.53. The molecule has 0 heterocycles. The number of hydrogen-bond acceptors (Lipinski definition) is 4. The molecule has 0 saturated carbocycles. The van der Waals surface area contributed by atoms with Crippen LogP contribution in [0, 0.1) is 0 Å². The van der Waals surface area contributed by atoms with E-state index in [1.165, 1.54) is 6.26 Å². The Kier molecular flexibility index (Phi) is 5.70. The number of ether oxygens (including phenoxy) is 1. The van der Waals surface area contributed by atoms with Crippen molar-refractivity contribution in [2.24, 2.45) is 0 Å². The van der Waals surface area contributed by atoms with E-state index in [9.17, 15) is 13.2 Å². The number of benzene rings is 3. The highest BCUT2D eigenvalue weighted by molar-refractivity contribution is 7.90. The van der Waals surface area contributed by atoms with Crippen molar-refractivity contribution in [2.45, 2.75) is 17.9 Å². The highest BCUT2D eigenvalue weighted by Gasteiger charge is 2.19. The molecule has 3 aromatic carbocycles. The van der Waals surface area contributed by atoms with Crippen LogP contribution >= 0.6 is 0 Å². The Hall–Kier alpha value is -2.86. The largest absolute Gasteiger partial charge is 0.483 e. The quantitative estimate of drug-likeness (QED) is 0.634. The van der Waals surface area contributed by atoms with Gasteiger partial charge in [-0.05, 0) is 36.1 Å². The molecule has 0 bridgehead atoms. The van der Waals surface area contributed by atoms with Gasteiger partial charge in [0.25, 0.3) is 5.91 Å². The first-order chi connectivity index (χ1) is 13.3. The van der Waals surface area contributed by atoms with Gasteiger partial charge in [-0.1, -0.05) is 48.5 Å². The normalized spacial score (nSPS) is 12.5. The predicted octanol–water partition coefficient (Wildman–Crippen LogP) is 3.84. The first kappa shape index (κ1) is 19.9. The van der Waals surface area contributed by atoms with E-state index in [0.717, 1.165) is 16.3 Å². The molecule has 0 unspecified atom stereocenters. The fraction of sp³-hybridized carbons (Fsp3) is 0.227. The van der Waals surface area contributed by atoms with Crippen molar-refractivity contribution in [3.8, 4) is 5.75 Å². The van der Waals surface area contributed by atoms with Crippen LogP contribution in [0.1, 0.15) is 18.5 Å². The van der Waals surface area contributed by atoms with Crippen molar-refractivity contribution in [2.75, 3.05) is 19.9 Å². The lowest BCUT2D eigenvalue weighted by molar-refractivity contribution is -0.133. The van der Waals surface area contributed by atoms with E-state index in [1.807, 2.05) is 49.4 Å². The van der Waals surface area contributed by atoms with Crippen LogP contribution < -0.4 is 4.74 Å². The minimum atomic E-state index is -3.24. The van der Waals surface area contributed by atoms with E-state index in [-0.39, 0.29) is 23.5 Å². The average Bonchev–Trinajstić information content (AvgIpc) is 2.70. The van der Waals surface area contributed by atoms with Crippen LogP contribution in [-0.2, 0) is 14.6 Å². The van der Waals surface area contributed by atoms with Crippen molar-refractivity contribution in [1.29, 1.82) is 0 Å². The maximum absolute atomic E-state index is 12.6. The van der Waals surface area contributed by atoms with Crippen LogP contribution in [0.4, 0.5) is 0 Å². The third-order valence-electron chi connectivity index (χ3n) is 4.87.